The van der Waals surface area contributed by atoms with Gasteiger partial charge in [0.05, 0.1) is 12.6 Å². The minimum absolute atomic E-state index is 0.0245. The van der Waals surface area contributed by atoms with E-state index in [9.17, 15) is 19.2 Å². The van der Waals surface area contributed by atoms with E-state index < -0.39 is 29.7 Å². The molecule has 8 heteroatoms. The molecule has 126 valence electrons. The number of hydrogen-bond acceptors (Lipinski definition) is 6. The average molecular weight is 324 g/mol. The molecular formula is C15H20N2O6. The molecule has 0 N–H and O–H groups in total. The predicted molar refractivity (Wildman–Crippen MR) is 78.3 cm³/mol. The number of imide groups is 2. The van der Waals surface area contributed by atoms with E-state index in [1.54, 1.807) is 26.8 Å². The fraction of sp³-hybridized carbons (Fsp3) is 0.600. The van der Waals surface area contributed by atoms with Gasteiger partial charge in [-0.3, -0.25) is 9.59 Å². The lowest BCUT2D eigenvalue weighted by atomic mass is 10.1. The van der Waals surface area contributed by atoms with Gasteiger partial charge in [-0.25, -0.2) is 19.4 Å². The van der Waals surface area contributed by atoms with Crippen LogP contribution in [-0.4, -0.2) is 58.6 Å². The number of carbonyl (C=O) groups excluding carboxylic acids is 4. The minimum atomic E-state index is -0.745. The molecular weight excluding hydrogens is 304 g/mol. The second-order valence-electron chi connectivity index (χ2n) is 6.31. The van der Waals surface area contributed by atoms with Gasteiger partial charge in [-0.1, -0.05) is 6.08 Å². The quantitative estimate of drug-likeness (QED) is 0.780. The highest BCUT2D eigenvalue weighted by atomic mass is 16.6. The minimum Gasteiger partial charge on any atom is -0.447 e. The molecule has 0 spiro atoms. The molecule has 2 rings (SSSR count). The van der Waals surface area contributed by atoms with Crippen molar-refractivity contribution in [2.45, 2.75) is 45.3 Å². The van der Waals surface area contributed by atoms with Crippen LogP contribution in [0.1, 0.15) is 33.6 Å². The van der Waals surface area contributed by atoms with Crippen molar-refractivity contribution in [2.75, 3.05) is 13.2 Å². The molecule has 0 radical (unpaired) electrons. The standard InChI is InChI=1S/C15H20N2O6/c1-15(2,3)23-14(21)17-10(5-7-12(17)19)4-6-11(18)16-8-9-22-13(16)20/h5,7,10H,4,6,8-9H2,1-3H3. The van der Waals surface area contributed by atoms with Gasteiger partial charge < -0.3 is 9.47 Å². The van der Waals surface area contributed by atoms with Crippen LogP contribution < -0.4 is 0 Å². The molecule has 23 heavy (non-hydrogen) atoms. The summed E-state index contributed by atoms with van der Waals surface area (Å²) in [7, 11) is 0. The van der Waals surface area contributed by atoms with Crippen LogP contribution in [0.25, 0.3) is 0 Å². The summed E-state index contributed by atoms with van der Waals surface area (Å²) in [4.78, 5) is 49.3. The van der Waals surface area contributed by atoms with Crippen molar-refractivity contribution < 1.29 is 28.7 Å². The summed E-state index contributed by atoms with van der Waals surface area (Å²) in [6.07, 6.45) is 1.69. The van der Waals surface area contributed by atoms with Crippen LogP contribution in [0.3, 0.4) is 0 Å². The van der Waals surface area contributed by atoms with E-state index in [0.717, 1.165) is 9.80 Å². The van der Waals surface area contributed by atoms with Gasteiger partial charge in [0.15, 0.2) is 0 Å². The fourth-order valence-corrected chi connectivity index (χ4v) is 2.31. The normalized spacial score (nSPS) is 20.9. The molecule has 0 aromatic carbocycles. The Hall–Kier alpha value is -2.38. The van der Waals surface area contributed by atoms with Crippen molar-refractivity contribution in [1.29, 1.82) is 0 Å². The lowest BCUT2D eigenvalue weighted by Gasteiger charge is -2.27. The van der Waals surface area contributed by atoms with Gasteiger partial charge in [0.1, 0.15) is 12.2 Å². The largest absolute Gasteiger partial charge is 0.447 e. The zero-order valence-corrected chi connectivity index (χ0v) is 13.4. The van der Waals surface area contributed by atoms with E-state index in [-0.39, 0.29) is 31.9 Å². The number of nitrogens with zero attached hydrogens (tertiary/aromatic N) is 2. The maximum Gasteiger partial charge on any atom is 0.417 e. The molecule has 2 aliphatic heterocycles. The number of cyclic esters (lactones) is 1. The molecule has 1 saturated heterocycles. The molecule has 0 aromatic heterocycles. The molecule has 0 aromatic rings. The monoisotopic (exact) mass is 324 g/mol. The fourth-order valence-electron chi connectivity index (χ4n) is 2.31. The number of carbonyl (C=O) groups is 4. The Morgan fingerprint density at radius 2 is 2.04 bits per heavy atom. The zero-order valence-electron chi connectivity index (χ0n) is 13.4. The van der Waals surface area contributed by atoms with Crippen LogP contribution in [-0.2, 0) is 19.1 Å². The molecule has 1 unspecified atom stereocenters. The Morgan fingerprint density at radius 3 is 2.61 bits per heavy atom. The van der Waals surface area contributed by atoms with Gasteiger partial charge in [0.25, 0.3) is 5.91 Å². The summed E-state index contributed by atoms with van der Waals surface area (Å²) in [6, 6.07) is -0.556. The number of ether oxygens (including phenoxy) is 2. The van der Waals surface area contributed by atoms with E-state index in [0.29, 0.717) is 0 Å². The third-order valence-electron chi connectivity index (χ3n) is 3.34. The summed E-state index contributed by atoms with van der Waals surface area (Å²) < 4.78 is 9.91. The molecule has 2 heterocycles. The Kier molecular flexibility index (Phi) is 4.72. The van der Waals surface area contributed by atoms with E-state index in [1.807, 2.05) is 0 Å². The topological polar surface area (TPSA) is 93.2 Å². The van der Waals surface area contributed by atoms with E-state index in [1.165, 1.54) is 6.08 Å². The van der Waals surface area contributed by atoms with Gasteiger partial charge in [0.2, 0.25) is 5.91 Å². The SMILES string of the molecule is CC(C)(C)OC(=O)N1C(=O)C=CC1CCC(=O)N1CCOC1=O. The maximum absolute atomic E-state index is 12.1. The summed E-state index contributed by atoms with van der Waals surface area (Å²) >= 11 is 0. The van der Waals surface area contributed by atoms with Crippen LogP contribution in [0, 0.1) is 0 Å². The van der Waals surface area contributed by atoms with E-state index >= 15 is 0 Å². The van der Waals surface area contributed by atoms with Crippen molar-refractivity contribution in [3.05, 3.63) is 12.2 Å². The maximum atomic E-state index is 12.1. The lowest BCUT2D eigenvalue weighted by molar-refractivity contribution is -0.129. The van der Waals surface area contributed by atoms with E-state index in [4.69, 9.17) is 9.47 Å². The number of rotatable bonds is 3. The van der Waals surface area contributed by atoms with Crippen molar-refractivity contribution in [1.82, 2.24) is 9.80 Å². The van der Waals surface area contributed by atoms with Gasteiger partial charge in [-0.05, 0) is 27.2 Å². The van der Waals surface area contributed by atoms with Crippen molar-refractivity contribution in [3.8, 4) is 0 Å². The third kappa shape index (κ3) is 4.08. The van der Waals surface area contributed by atoms with E-state index in [2.05, 4.69) is 0 Å². The molecule has 0 aliphatic carbocycles. The highest BCUT2D eigenvalue weighted by molar-refractivity contribution is 6.01. The van der Waals surface area contributed by atoms with Crippen molar-refractivity contribution >= 4 is 24.0 Å². The highest BCUT2D eigenvalue weighted by Gasteiger charge is 2.36. The molecule has 0 bridgehead atoms. The molecule has 1 fully saturated rings. The zero-order chi connectivity index (χ0) is 17.2. The first kappa shape index (κ1) is 17.0. The molecule has 2 aliphatic rings. The Labute approximate surface area is 134 Å². The number of hydrogen-bond donors (Lipinski definition) is 0. The van der Waals surface area contributed by atoms with Crippen LogP contribution in [0.5, 0.6) is 0 Å². The summed E-state index contributed by atoms with van der Waals surface area (Å²) in [5.74, 6) is -0.860. The molecule has 4 amide bonds. The first-order chi connectivity index (χ1) is 10.7. The molecule has 1 atom stereocenters. The summed E-state index contributed by atoms with van der Waals surface area (Å²) in [5.41, 5.74) is -0.723. The van der Waals surface area contributed by atoms with Gasteiger partial charge in [0, 0.05) is 12.5 Å². The van der Waals surface area contributed by atoms with Crippen molar-refractivity contribution in [2.24, 2.45) is 0 Å². The Morgan fingerprint density at radius 1 is 1.35 bits per heavy atom. The second kappa shape index (κ2) is 6.39. The smallest absolute Gasteiger partial charge is 0.417 e. The molecule has 8 nitrogen and oxygen atoms in total. The van der Waals surface area contributed by atoms with Gasteiger partial charge >= 0.3 is 12.2 Å². The van der Waals surface area contributed by atoms with Crippen LogP contribution in [0.4, 0.5) is 9.59 Å². The predicted octanol–water partition coefficient (Wildman–Crippen LogP) is 1.45. The van der Waals surface area contributed by atoms with Crippen LogP contribution >= 0.6 is 0 Å². The van der Waals surface area contributed by atoms with Gasteiger partial charge in [-0.15, -0.1) is 0 Å². The Bertz CT molecular complexity index is 563. The summed E-state index contributed by atoms with van der Waals surface area (Å²) in [5, 5.41) is 0. The first-order valence-corrected chi connectivity index (χ1v) is 7.40. The second-order valence-corrected chi connectivity index (χ2v) is 6.31. The number of amides is 4. The first-order valence-electron chi connectivity index (χ1n) is 7.40. The highest BCUT2D eigenvalue weighted by Crippen LogP contribution is 2.21. The van der Waals surface area contributed by atoms with Crippen molar-refractivity contribution in [3.63, 3.8) is 0 Å². The van der Waals surface area contributed by atoms with Gasteiger partial charge in [-0.2, -0.15) is 0 Å². The lowest BCUT2D eigenvalue weighted by Crippen LogP contribution is -2.43. The molecule has 0 saturated carbocycles. The average Bonchev–Trinajstić information content (AvgIpc) is 3.00. The van der Waals surface area contributed by atoms with Crippen LogP contribution in [0.2, 0.25) is 0 Å². The Balaban J connectivity index is 1.94. The van der Waals surface area contributed by atoms with Crippen LogP contribution in [0.15, 0.2) is 12.2 Å². The third-order valence-corrected chi connectivity index (χ3v) is 3.34. The summed E-state index contributed by atoms with van der Waals surface area (Å²) in [6.45, 7) is 5.53.